The first kappa shape index (κ1) is 20.6. The summed E-state index contributed by atoms with van der Waals surface area (Å²) >= 11 is 3.99. The highest BCUT2D eigenvalue weighted by Gasteiger charge is 1.97. The Balaban J connectivity index is 3.16. The third-order valence-corrected chi connectivity index (χ3v) is 3.71. The molecule has 0 bridgehead atoms. The third-order valence-electron chi connectivity index (χ3n) is 3.53. The van der Waals surface area contributed by atoms with Crippen LogP contribution in [-0.2, 0) is 9.53 Å². The molecular weight excluding hydrogens is 280 g/mol. The van der Waals surface area contributed by atoms with Crippen LogP contribution in [0.2, 0.25) is 0 Å². The summed E-state index contributed by atoms with van der Waals surface area (Å²) in [4.78, 5) is 11.2. The summed E-state index contributed by atoms with van der Waals surface area (Å²) in [5, 5.41) is 0. The monoisotopic (exact) mass is 314 g/mol. The number of hydrogen-bond donors (Lipinski definition) is 1. The van der Waals surface area contributed by atoms with E-state index in [9.17, 15) is 4.79 Å². The lowest BCUT2D eigenvalue weighted by molar-refractivity contribution is -0.141. The topological polar surface area (TPSA) is 26.3 Å². The van der Waals surface area contributed by atoms with Gasteiger partial charge in [-0.25, -0.2) is 0 Å². The van der Waals surface area contributed by atoms with Crippen molar-refractivity contribution in [3.05, 3.63) is 12.2 Å². The van der Waals surface area contributed by atoms with E-state index in [0.29, 0.717) is 18.8 Å². The first-order chi connectivity index (χ1) is 10.3. The Morgan fingerprint density at radius 3 is 2.05 bits per heavy atom. The SMILES string of the molecule is CCCCCCCCCCCC/C=C/CC(=O)OCCS. The summed E-state index contributed by atoms with van der Waals surface area (Å²) in [6.45, 7) is 2.67. The lowest BCUT2D eigenvalue weighted by Gasteiger charge is -2.01. The molecule has 0 aromatic carbocycles. The van der Waals surface area contributed by atoms with E-state index < -0.39 is 0 Å². The Hall–Kier alpha value is -0.440. The number of hydrogen-bond acceptors (Lipinski definition) is 3. The van der Waals surface area contributed by atoms with E-state index >= 15 is 0 Å². The van der Waals surface area contributed by atoms with Crippen LogP contribution in [0.15, 0.2) is 12.2 Å². The van der Waals surface area contributed by atoms with Gasteiger partial charge in [-0.2, -0.15) is 12.6 Å². The molecule has 0 saturated heterocycles. The fourth-order valence-corrected chi connectivity index (χ4v) is 2.36. The van der Waals surface area contributed by atoms with E-state index in [-0.39, 0.29) is 5.97 Å². The number of ether oxygens (including phenoxy) is 1. The second kappa shape index (κ2) is 17.6. The number of thiol groups is 1. The molecule has 0 radical (unpaired) electrons. The average Bonchev–Trinajstić information content (AvgIpc) is 2.49. The first-order valence-corrected chi connectivity index (χ1v) is 9.36. The van der Waals surface area contributed by atoms with Crippen molar-refractivity contribution in [2.75, 3.05) is 12.4 Å². The van der Waals surface area contributed by atoms with Crippen molar-refractivity contribution in [2.24, 2.45) is 0 Å². The van der Waals surface area contributed by atoms with Crippen LogP contribution in [0.3, 0.4) is 0 Å². The van der Waals surface area contributed by atoms with Gasteiger partial charge < -0.3 is 4.74 Å². The summed E-state index contributed by atoms with van der Waals surface area (Å²) in [6.07, 6.45) is 19.2. The van der Waals surface area contributed by atoms with Crippen molar-refractivity contribution < 1.29 is 9.53 Å². The number of carbonyl (C=O) groups excluding carboxylic acids is 1. The molecule has 0 aliphatic heterocycles. The van der Waals surface area contributed by atoms with Gasteiger partial charge in [-0.15, -0.1) is 0 Å². The van der Waals surface area contributed by atoms with Crippen LogP contribution >= 0.6 is 12.6 Å². The van der Waals surface area contributed by atoms with E-state index in [4.69, 9.17) is 4.74 Å². The van der Waals surface area contributed by atoms with E-state index in [1.165, 1.54) is 64.2 Å². The second-order valence-electron chi connectivity index (χ2n) is 5.59. The highest BCUT2D eigenvalue weighted by molar-refractivity contribution is 7.80. The van der Waals surface area contributed by atoms with E-state index in [0.717, 1.165) is 6.42 Å². The summed E-state index contributed by atoms with van der Waals surface area (Å²) in [5.41, 5.74) is 0. The van der Waals surface area contributed by atoms with Crippen LogP contribution in [0.5, 0.6) is 0 Å². The molecular formula is C18H34O2S. The van der Waals surface area contributed by atoms with Gasteiger partial charge in [-0.3, -0.25) is 4.79 Å². The van der Waals surface area contributed by atoms with Crippen LogP contribution in [0, 0.1) is 0 Å². The van der Waals surface area contributed by atoms with Gasteiger partial charge >= 0.3 is 5.97 Å². The van der Waals surface area contributed by atoms with Gasteiger partial charge in [0.15, 0.2) is 0 Å². The first-order valence-electron chi connectivity index (χ1n) is 8.72. The Morgan fingerprint density at radius 2 is 1.48 bits per heavy atom. The zero-order valence-corrected chi connectivity index (χ0v) is 14.7. The van der Waals surface area contributed by atoms with Gasteiger partial charge in [0.1, 0.15) is 6.61 Å². The fraction of sp³-hybridized carbons (Fsp3) is 0.833. The summed E-state index contributed by atoms with van der Waals surface area (Å²) in [5.74, 6) is 0.442. The Labute approximate surface area is 137 Å². The van der Waals surface area contributed by atoms with E-state index in [1.807, 2.05) is 6.08 Å². The van der Waals surface area contributed by atoms with Gasteiger partial charge in [0.2, 0.25) is 0 Å². The molecule has 0 atom stereocenters. The highest BCUT2D eigenvalue weighted by Crippen LogP contribution is 2.11. The number of esters is 1. The summed E-state index contributed by atoms with van der Waals surface area (Å²) < 4.78 is 4.93. The van der Waals surface area contributed by atoms with Crippen LogP contribution in [-0.4, -0.2) is 18.3 Å². The molecule has 0 spiro atoms. The number of unbranched alkanes of at least 4 members (excludes halogenated alkanes) is 10. The average molecular weight is 315 g/mol. The molecule has 21 heavy (non-hydrogen) atoms. The van der Waals surface area contributed by atoms with Crippen LogP contribution in [0.4, 0.5) is 0 Å². The van der Waals surface area contributed by atoms with Gasteiger partial charge in [-0.05, 0) is 12.8 Å². The highest BCUT2D eigenvalue weighted by atomic mass is 32.1. The molecule has 3 heteroatoms. The predicted molar refractivity (Wildman–Crippen MR) is 95.0 cm³/mol. The lowest BCUT2D eigenvalue weighted by Crippen LogP contribution is -2.04. The second-order valence-corrected chi connectivity index (χ2v) is 6.04. The third kappa shape index (κ3) is 17.5. The number of allylic oxidation sites excluding steroid dienone is 1. The molecule has 0 unspecified atom stereocenters. The van der Waals surface area contributed by atoms with Crippen LogP contribution in [0.1, 0.15) is 84.0 Å². The molecule has 0 aromatic heterocycles. The van der Waals surface area contributed by atoms with E-state index in [2.05, 4.69) is 25.6 Å². The van der Waals surface area contributed by atoms with Gasteiger partial charge in [0.05, 0.1) is 6.42 Å². The maximum Gasteiger partial charge on any atom is 0.309 e. The van der Waals surface area contributed by atoms with Crippen molar-refractivity contribution in [3.63, 3.8) is 0 Å². The van der Waals surface area contributed by atoms with E-state index in [1.54, 1.807) is 0 Å². The Morgan fingerprint density at radius 1 is 0.905 bits per heavy atom. The molecule has 0 saturated carbocycles. The maximum absolute atomic E-state index is 11.2. The predicted octanol–water partition coefficient (Wildman–Crippen LogP) is 5.72. The minimum Gasteiger partial charge on any atom is -0.465 e. The van der Waals surface area contributed by atoms with Crippen molar-refractivity contribution >= 4 is 18.6 Å². The zero-order chi connectivity index (χ0) is 15.6. The quantitative estimate of drug-likeness (QED) is 0.181. The normalized spacial score (nSPS) is 11.1. The zero-order valence-electron chi connectivity index (χ0n) is 13.8. The van der Waals surface area contributed by atoms with Gasteiger partial charge in [0, 0.05) is 5.75 Å². The molecule has 0 heterocycles. The standard InChI is InChI=1S/C18H34O2S/c1-2-3-4-5-6-7-8-9-10-11-12-13-14-15-18(19)20-16-17-21/h13-14,21H,2-12,15-17H2,1H3/b14-13+. The molecule has 0 aromatic rings. The molecule has 0 fully saturated rings. The number of rotatable bonds is 15. The number of carbonyl (C=O) groups is 1. The Bertz CT molecular complexity index is 252. The molecule has 0 aliphatic rings. The molecule has 2 nitrogen and oxygen atoms in total. The molecule has 0 rings (SSSR count). The van der Waals surface area contributed by atoms with Crippen LogP contribution in [0.25, 0.3) is 0 Å². The minimum atomic E-state index is -0.150. The fourth-order valence-electron chi connectivity index (χ4n) is 2.27. The molecule has 124 valence electrons. The summed E-state index contributed by atoms with van der Waals surface area (Å²) in [6, 6.07) is 0. The Kier molecular flexibility index (Phi) is 17.2. The van der Waals surface area contributed by atoms with Crippen molar-refractivity contribution in [1.82, 2.24) is 0 Å². The maximum atomic E-state index is 11.2. The van der Waals surface area contributed by atoms with Gasteiger partial charge in [-0.1, -0.05) is 76.9 Å². The molecule has 0 aliphatic carbocycles. The summed E-state index contributed by atoms with van der Waals surface area (Å²) in [7, 11) is 0. The van der Waals surface area contributed by atoms with Crippen molar-refractivity contribution in [2.45, 2.75) is 84.0 Å². The van der Waals surface area contributed by atoms with Gasteiger partial charge in [0.25, 0.3) is 0 Å². The smallest absolute Gasteiger partial charge is 0.309 e. The minimum absolute atomic E-state index is 0.150. The lowest BCUT2D eigenvalue weighted by atomic mass is 10.1. The van der Waals surface area contributed by atoms with Crippen molar-refractivity contribution in [1.29, 1.82) is 0 Å². The largest absolute Gasteiger partial charge is 0.465 e. The molecule has 0 N–H and O–H groups in total. The van der Waals surface area contributed by atoms with Crippen LogP contribution < -0.4 is 0 Å². The molecule has 0 amide bonds. The van der Waals surface area contributed by atoms with Crippen molar-refractivity contribution in [3.8, 4) is 0 Å².